The Kier molecular flexibility index (Phi) is 7.35. The Balaban J connectivity index is 1.52. The van der Waals surface area contributed by atoms with Crippen molar-refractivity contribution < 1.29 is 18.7 Å². The molecule has 0 N–H and O–H groups in total. The molecule has 1 saturated carbocycles. The summed E-state index contributed by atoms with van der Waals surface area (Å²) >= 11 is 0. The number of hydrazone groups is 1. The summed E-state index contributed by atoms with van der Waals surface area (Å²) in [6, 6.07) is 21.4. The molecule has 2 atom stereocenters. The second kappa shape index (κ2) is 11.0. The summed E-state index contributed by atoms with van der Waals surface area (Å²) in [7, 11) is 0. The molecule has 1 heterocycles. The van der Waals surface area contributed by atoms with E-state index >= 15 is 0 Å². The van der Waals surface area contributed by atoms with Gasteiger partial charge in [0.15, 0.2) is 0 Å². The van der Waals surface area contributed by atoms with Crippen molar-refractivity contribution in [3.05, 3.63) is 101 Å². The molecule has 3 aromatic carbocycles. The SMILES string of the molecule is CCOc1ccc(C=C2CCCC3C2=NN(C(=O)c2ccc(F)cc2)C3c2ccc(OCC)cc2)cc1. The van der Waals surface area contributed by atoms with Gasteiger partial charge in [-0.3, -0.25) is 4.79 Å². The third-order valence-electron chi connectivity index (χ3n) is 6.87. The van der Waals surface area contributed by atoms with Crippen molar-refractivity contribution in [3.8, 4) is 11.5 Å². The molecule has 1 aliphatic heterocycles. The van der Waals surface area contributed by atoms with E-state index in [1.54, 1.807) is 5.01 Å². The molecule has 0 bridgehead atoms. The van der Waals surface area contributed by atoms with Crippen LogP contribution >= 0.6 is 0 Å². The van der Waals surface area contributed by atoms with Gasteiger partial charge in [-0.25, -0.2) is 9.40 Å². The van der Waals surface area contributed by atoms with E-state index in [0.29, 0.717) is 18.8 Å². The zero-order valence-electron chi connectivity index (χ0n) is 21.2. The molecule has 0 radical (unpaired) electrons. The number of fused-ring (bicyclic) bond motifs is 1. The standard InChI is InChI=1S/C31H31FN2O3/c1-3-36-26-16-8-21(9-17-26)20-24-6-5-7-28-29(24)33-34(31(35)23-10-14-25(32)15-11-23)30(28)22-12-18-27(19-13-22)37-4-2/h8-20,28,30H,3-7H2,1-2H3. The highest BCUT2D eigenvalue weighted by molar-refractivity contribution is 6.09. The molecule has 1 aliphatic carbocycles. The lowest BCUT2D eigenvalue weighted by Gasteiger charge is -2.29. The first-order valence-corrected chi connectivity index (χ1v) is 12.9. The molecule has 0 saturated heterocycles. The van der Waals surface area contributed by atoms with E-state index in [9.17, 15) is 9.18 Å². The number of amides is 1. The van der Waals surface area contributed by atoms with Crippen LogP contribution in [0.25, 0.3) is 6.08 Å². The van der Waals surface area contributed by atoms with E-state index in [1.807, 2.05) is 62.4 Å². The normalized spacial score (nSPS) is 19.9. The molecule has 37 heavy (non-hydrogen) atoms. The van der Waals surface area contributed by atoms with Gasteiger partial charge in [-0.1, -0.05) is 24.3 Å². The van der Waals surface area contributed by atoms with Crippen molar-refractivity contribution in [2.45, 2.75) is 39.2 Å². The van der Waals surface area contributed by atoms with Crippen LogP contribution in [-0.4, -0.2) is 29.8 Å². The van der Waals surface area contributed by atoms with Crippen molar-refractivity contribution in [2.24, 2.45) is 11.0 Å². The van der Waals surface area contributed by atoms with Crippen molar-refractivity contribution in [1.29, 1.82) is 0 Å². The zero-order valence-corrected chi connectivity index (χ0v) is 21.2. The molecule has 0 spiro atoms. The van der Waals surface area contributed by atoms with Crippen LogP contribution in [0.5, 0.6) is 11.5 Å². The second-order valence-corrected chi connectivity index (χ2v) is 9.26. The Morgan fingerprint density at radius 3 is 2.19 bits per heavy atom. The predicted molar refractivity (Wildman–Crippen MR) is 143 cm³/mol. The fourth-order valence-corrected chi connectivity index (χ4v) is 5.18. The highest BCUT2D eigenvalue weighted by atomic mass is 19.1. The first-order valence-electron chi connectivity index (χ1n) is 12.9. The van der Waals surface area contributed by atoms with Crippen molar-refractivity contribution >= 4 is 17.7 Å². The van der Waals surface area contributed by atoms with Crippen LogP contribution in [0.3, 0.4) is 0 Å². The molecular formula is C31H31FN2O3. The zero-order chi connectivity index (χ0) is 25.8. The largest absolute Gasteiger partial charge is 0.494 e. The molecule has 2 unspecified atom stereocenters. The van der Waals surface area contributed by atoms with Crippen molar-refractivity contribution in [1.82, 2.24) is 5.01 Å². The number of nitrogens with zero attached hydrogens (tertiary/aromatic N) is 2. The van der Waals surface area contributed by atoms with Gasteiger partial charge in [-0.15, -0.1) is 0 Å². The topological polar surface area (TPSA) is 51.1 Å². The lowest BCUT2D eigenvalue weighted by Crippen LogP contribution is -2.31. The Morgan fingerprint density at radius 1 is 0.946 bits per heavy atom. The number of allylic oxidation sites excluding steroid dienone is 1. The van der Waals surface area contributed by atoms with Crippen LogP contribution in [0.15, 0.2) is 83.5 Å². The maximum absolute atomic E-state index is 13.7. The smallest absolute Gasteiger partial charge is 0.274 e. The highest BCUT2D eigenvalue weighted by Crippen LogP contribution is 2.45. The first kappa shape index (κ1) is 24.8. The minimum absolute atomic E-state index is 0.0741. The monoisotopic (exact) mass is 498 g/mol. The summed E-state index contributed by atoms with van der Waals surface area (Å²) in [5.74, 6) is 1.10. The summed E-state index contributed by atoms with van der Waals surface area (Å²) in [6.07, 6.45) is 5.02. The fourth-order valence-electron chi connectivity index (χ4n) is 5.18. The Bertz CT molecular complexity index is 1300. The Hall–Kier alpha value is -3.93. The number of benzene rings is 3. The number of hydrogen-bond acceptors (Lipinski definition) is 4. The lowest BCUT2D eigenvalue weighted by atomic mass is 9.77. The van der Waals surface area contributed by atoms with Crippen LogP contribution in [0.4, 0.5) is 4.39 Å². The lowest BCUT2D eigenvalue weighted by molar-refractivity contribution is 0.0681. The molecule has 6 heteroatoms. The Morgan fingerprint density at radius 2 is 1.57 bits per heavy atom. The third kappa shape index (κ3) is 5.29. The summed E-state index contributed by atoms with van der Waals surface area (Å²) in [5, 5.41) is 6.53. The van der Waals surface area contributed by atoms with Gasteiger partial charge in [-0.05, 0) is 104 Å². The van der Waals surface area contributed by atoms with Gasteiger partial charge >= 0.3 is 0 Å². The second-order valence-electron chi connectivity index (χ2n) is 9.26. The van der Waals surface area contributed by atoms with Crippen LogP contribution in [0, 0.1) is 11.7 Å². The molecular weight excluding hydrogens is 467 g/mol. The Labute approximate surface area is 217 Å². The van der Waals surface area contributed by atoms with Crippen LogP contribution in [0.1, 0.15) is 60.6 Å². The van der Waals surface area contributed by atoms with E-state index in [4.69, 9.17) is 14.6 Å². The van der Waals surface area contributed by atoms with Crippen LogP contribution in [-0.2, 0) is 0 Å². The van der Waals surface area contributed by atoms with E-state index in [1.165, 1.54) is 24.3 Å². The summed E-state index contributed by atoms with van der Waals surface area (Å²) in [5.41, 5.74) is 4.59. The first-order chi connectivity index (χ1) is 18.1. The van der Waals surface area contributed by atoms with Gasteiger partial charge < -0.3 is 9.47 Å². The summed E-state index contributed by atoms with van der Waals surface area (Å²) in [6.45, 7) is 5.14. The van der Waals surface area contributed by atoms with Gasteiger partial charge in [0.1, 0.15) is 17.3 Å². The van der Waals surface area contributed by atoms with Gasteiger partial charge in [0.05, 0.1) is 25.0 Å². The maximum atomic E-state index is 13.7. The molecule has 0 aromatic heterocycles. The van der Waals surface area contributed by atoms with Gasteiger partial charge in [0, 0.05) is 11.5 Å². The fraction of sp³-hybridized carbons (Fsp3) is 0.290. The number of carbonyl (C=O) groups excluding carboxylic acids is 1. The number of rotatable bonds is 7. The van der Waals surface area contributed by atoms with Crippen LogP contribution < -0.4 is 9.47 Å². The van der Waals surface area contributed by atoms with E-state index < -0.39 is 0 Å². The van der Waals surface area contributed by atoms with Gasteiger partial charge in [0.25, 0.3) is 5.91 Å². The number of ether oxygens (including phenoxy) is 2. The molecule has 5 nitrogen and oxygen atoms in total. The van der Waals surface area contributed by atoms with Gasteiger partial charge in [0.2, 0.25) is 0 Å². The molecule has 190 valence electrons. The van der Waals surface area contributed by atoms with Crippen molar-refractivity contribution in [2.75, 3.05) is 13.2 Å². The number of carbonyl (C=O) groups is 1. The number of hydrogen-bond donors (Lipinski definition) is 0. The highest BCUT2D eigenvalue weighted by Gasteiger charge is 2.44. The maximum Gasteiger partial charge on any atom is 0.274 e. The quantitative estimate of drug-likeness (QED) is 0.350. The average Bonchev–Trinajstić information content (AvgIpc) is 3.31. The minimum atomic E-state index is -0.374. The summed E-state index contributed by atoms with van der Waals surface area (Å²) in [4.78, 5) is 13.7. The van der Waals surface area contributed by atoms with E-state index in [-0.39, 0.29) is 23.7 Å². The average molecular weight is 499 g/mol. The number of halogens is 1. The molecule has 2 aliphatic rings. The third-order valence-corrected chi connectivity index (χ3v) is 6.87. The van der Waals surface area contributed by atoms with Crippen molar-refractivity contribution in [3.63, 3.8) is 0 Å². The van der Waals surface area contributed by atoms with E-state index in [2.05, 4.69) is 6.08 Å². The van der Waals surface area contributed by atoms with Crippen LogP contribution in [0.2, 0.25) is 0 Å². The molecule has 1 fully saturated rings. The minimum Gasteiger partial charge on any atom is -0.494 e. The van der Waals surface area contributed by atoms with Gasteiger partial charge in [-0.2, -0.15) is 5.10 Å². The predicted octanol–water partition coefficient (Wildman–Crippen LogP) is 7.06. The molecule has 3 aromatic rings. The molecule has 1 amide bonds. The van der Waals surface area contributed by atoms with E-state index in [0.717, 1.165) is 53.2 Å². The summed E-state index contributed by atoms with van der Waals surface area (Å²) < 4.78 is 24.8. The molecule has 5 rings (SSSR count).